The van der Waals surface area contributed by atoms with E-state index in [2.05, 4.69) is 10.0 Å². The number of allylic oxidation sites excluding steroid dienone is 2. The van der Waals surface area contributed by atoms with Gasteiger partial charge in [-0.25, -0.2) is 8.42 Å². The highest BCUT2D eigenvalue weighted by Gasteiger charge is 2.33. The van der Waals surface area contributed by atoms with E-state index in [0.717, 1.165) is 6.26 Å². The van der Waals surface area contributed by atoms with E-state index >= 15 is 0 Å². The van der Waals surface area contributed by atoms with Crippen molar-refractivity contribution in [3.8, 4) is 0 Å². The summed E-state index contributed by atoms with van der Waals surface area (Å²) in [5.74, 6) is -2.69. The summed E-state index contributed by atoms with van der Waals surface area (Å²) in [5, 5.41) is 11.9. The lowest BCUT2D eigenvalue weighted by Crippen LogP contribution is -2.34. The Bertz CT molecular complexity index is 725. The van der Waals surface area contributed by atoms with Crippen LogP contribution in [0.2, 0.25) is 0 Å². The van der Waals surface area contributed by atoms with Gasteiger partial charge in [0.25, 0.3) is 0 Å². The Morgan fingerprint density at radius 2 is 1.57 bits per heavy atom. The average Bonchev–Trinajstić information content (AvgIpc) is 2.47. The van der Waals surface area contributed by atoms with Gasteiger partial charge in [0.15, 0.2) is 0 Å². The van der Waals surface area contributed by atoms with Crippen LogP contribution in [0.1, 0.15) is 12.8 Å². The highest BCUT2D eigenvalue weighted by atomic mass is 32.2. The molecule has 8 heteroatoms. The van der Waals surface area contributed by atoms with E-state index in [-0.39, 0.29) is 5.91 Å². The lowest BCUT2D eigenvalue weighted by Gasteiger charge is -2.24. The molecule has 2 atom stereocenters. The van der Waals surface area contributed by atoms with E-state index in [4.69, 9.17) is 0 Å². The maximum absolute atomic E-state index is 12.3. The molecule has 2 unspecified atom stereocenters. The third-order valence-corrected chi connectivity index (χ3v) is 4.15. The Balaban J connectivity index is 2.05. The molecule has 0 saturated carbocycles. The molecule has 1 amide bonds. The number of carboxylic acid groups (broad SMARTS) is 1. The van der Waals surface area contributed by atoms with Gasteiger partial charge in [0.05, 0.1) is 18.1 Å². The summed E-state index contributed by atoms with van der Waals surface area (Å²) < 4.78 is 24.6. The van der Waals surface area contributed by atoms with E-state index < -0.39 is 27.8 Å². The molecule has 0 bridgehead atoms. The normalized spacial score (nSPS) is 20.7. The number of hydrogen-bond donors (Lipinski definition) is 3. The van der Waals surface area contributed by atoms with Crippen LogP contribution in [-0.4, -0.2) is 31.7 Å². The van der Waals surface area contributed by atoms with Crippen LogP contribution in [0, 0.1) is 11.8 Å². The zero-order chi connectivity index (χ0) is 17.0. The molecule has 23 heavy (non-hydrogen) atoms. The summed E-state index contributed by atoms with van der Waals surface area (Å²) in [6.45, 7) is 0. The van der Waals surface area contributed by atoms with Crippen molar-refractivity contribution in [3.05, 3.63) is 36.4 Å². The number of aliphatic carboxylic acids is 1. The van der Waals surface area contributed by atoms with Gasteiger partial charge in [-0.05, 0) is 37.1 Å². The summed E-state index contributed by atoms with van der Waals surface area (Å²) >= 11 is 0. The lowest BCUT2D eigenvalue weighted by molar-refractivity contribution is -0.146. The van der Waals surface area contributed by atoms with Gasteiger partial charge in [-0.3, -0.25) is 14.3 Å². The van der Waals surface area contributed by atoms with Gasteiger partial charge >= 0.3 is 5.97 Å². The third-order valence-electron chi connectivity index (χ3n) is 3.54. The molecular formula is C15H18N2O5S. The van der Waals surface area contributed by atoms with Crippen molar-refractivity contribution in [2.45, 2.75) is 12.8 Å². The van der Waals surface area contributed by atoms with Crippen LogP contribution in [-0.2, 0) is 19.6 Å². The SMILES string of the molecule is CS(=O)(=O)Nc1ccc(NC(=O)C2CC=CCC2C(=O)O)cc1. The summed E-state index contributed by atoms with van der Waals surface area (Å²) in [6.07, 6.45) is 5.35. The number of anilines is 2. The fourth-order valence-corrected chi connectivity index (χ4v) is 3.01. The summed E-state index contributed by atoms with van der Waals surface area (Å²) in [4.78, 5) is 23.5. The van der Waals surface area contributed by atoms with Crippen LogP contribution in [0.5, 0.6) is 0 Å². The second-order valence-corrected chi connectivity index (χ2v) is 7.18. The maximum Gasteiger partial charge on any atom is 0.307 e. The van der Waals surface area contributed by atoms with Gasteiger partial charge in [0.1, 0.15) is 0 Å². The van der Waals surface area contributed by atoms with Crippen molar-refractivity contribution in [1.29, 1.82) is 0 Å². The number of benzene rings is 1. The van der Waals surface area contributed by atoms with Crippen LogP contribution < -0.4 is 10.0 Å². The maximum atomic E-state index is 12.3. The minimum atomic E-state index is -3.36. The molecule has 1 aliphatic rings. The molecule has 1 aromatic carbocycles. The summed E-state index contributed by atoms with van der Waals surface area (Å²) in [6, 6.07) is 6.15. The Kier molecular flexibility index (Phi) is 5.05. The topological polar surface area (TPSA) is 113 Å². The van der Waals surface area contributed by atoms with Crippen LogP contribution in [0.3, 0.4) is 0 Å². The molecule has 1 aromatic rings. The number of hydrogen-bond acceptors (Lipinski definition) is 4. The van der Waals surface area contributed by atoms with Gasteiger partial charge < -0.3 is 10.4 Å². The molecule has 1 aliphatic carbocycles. The third kappa shape index (κ3) is 4.82. The Hall–Kier alpha value is -2.35. The molecule has 0 fully saturated rings. The summed E-state index contributed by atoms with van der Waals surface area (Å²) in [7, 11) is -3.36. The smallest absolute Gasteiger partial charge is 0.307 e. The molecule has 0 heterocycles. The molecule has 0 spiro atoms. The number of carbonyl (C=O) groups is 2. The lowest BCUT2D eigenvalue weighted by atomic mass is 9.82. The molecule has 2 rings (SSSR count). The molecule has 3 N–H and O–H groups in total. The van der Waals surface area contributed by atoms with Gasteiger partial charge in [-0.15, -0.1) is 0 Å². The van der Waals surface area contributed by atoms with Gasteiger partial charge in [-0.2, -0.15) is 0 Å². The van der Waals surface area contributed by atoms with E-state index in [1.807, 2.05) is 6.08 Å². The second-order valence-electron chi connectivity index (χ2n) is 5.43. The molecule has 124 valence electrons. The predicted octanol–water partition coefficient (Wildman–Crippen LogP) is 1.66. The van der Waals surface area contributed by atoms with E-state index in [1.165, 1.54) is 12.1 Å². The molecule has 0 aliphatic heterocycles. The minimum Gasteiger partial charge on any atom is -0.481 e. The molecule has 0 aromatic heterocycles. The highest BCUT2D eigenvalue weighted by molar-refractivity contribution is 7.92. The van der Waals surface area contributed by atoms with Gasteiger partial charge in [0, 0.05) is 11.4 Å². The monoisotopic (exact) mass is 338 g/mol. The van der Waals surface area contributed by atoms with Gasteiger partial charge in [0.2, 0.25) is 15.9 Å². The van der Waals surface area contributed by atoms with Crippen LogP contribution >= 0.6 is 0 Å². The quantitative estimate of drug-likeness (QED) is 0.707. The van der Waals surface area contributed by atoms with E-state index in [9.17, 15) is 23.1 Å². The number of carboxylic acids is 1. The second kappa shape index (κ2) is 6.82. The first-order chi connectivity index (χ1) is 10.8. The van der Waals surface area contributed by atoms with Crippen LogP contribution in [0.15, 0.2) is 36.4 Å². The highest BCUT2D eigenvalue weighted by Crippen LogP contribution is 2.27. The van der Waals surface area contributed by atoms with Crippen molar-refractivity contribution in [2.75, 3.05) is 16.3 Å². The van der Waals surface area contributed by atoms with Crippen LogP contribution in [0.25, 0.3) is 0 Å². The average molecular weight is 338 g/mol. The number of nitrogens with one attached hydrogen (secondary N) is 2. The first-order valence-electron chi connectivity index (χ1n) is 7.03. The Morgan fingerprint density at radius 1 is 1.04 bits per heavy atom. The standard InChI is InChI=1S/C15H18N2O5S/c1-23(21,22)17-11-8-6-10(7-9-11)16-14(18)12-4-2-3-5-13(12)15(19)20/h2-3,6-9,12-13,17H,4-5H2,1H3,(H,16,18)(H,19,20). The first-order valence-corrected chi connectivity index (χ1v) is 8.92. The van der Waals surface area contributed by atoms with Crippen molar-refractivity contribution < 1.29 is 23.1 Å². The first kappa shape index (κ1) is 17.0. The van der Waals surface area contributed by atoms with Crippen molar-refractivity contribution >= 4 is 33.3 Å². The number of rotatable bonds is 5. The zero-order valence-electron chi connectivity index (χ0n) is 12.5. The molecular weight excluding hydrogens is 320 g/mol. The van der Waals surface area contributed by atoms with Crippen molar-refractivity contribution in [3.63, 3.8) is 0 Å². The largest absolute Gasteiger partial charge is 0.481 e. The van der Waals surface area contributed by atoms with E-state index in [0.29, 0.717) is 24.2 Å². The number of amides is 1. The molecule has 7 nitrogen and oxygen atoms in total. The fraction of sp³-hybridized carbons (Fsp3) is 0.333. The van der Waals surface area contributed by atoms with E-state index in [1.54, 1.807) is 18.2 Å². The zero-order valence-corrected chi connectivity index (χ0v) is 13.3. The van der Waals surface area contributed by atoms with Crippen molar-refractivity contribution in [1.82, 2.24) is 0 Å². The minimum absolute atomic E-state index is 0.338. The number of carbonyl (C=O) groups excluding carboxylic acids is 1. The Morgan fingerprint density at radius 3 is 2.09 bits per heavy atom. The molecule has 0 saturated heterocycles. The van der Waals surface area contributed by atoms with Crippen LogP contribution in [0.4, 0.5) is 11.4 Å². The molecule has 0 radical (unpaired) electrons. The Labute approximate surface area is 134 Å². The fourth-order valence-electron chi connectivity index (χ4n) is 2.45. The number of sulfonamides is 1. The van der Waals surface area contributed by atoms with Crippen molar-refractivity contribution in [2.24, 2.45) is 11.8 Å². The predicted molar refractivity (Wildman–Crippen MR) is 86.5 cm³/mol. The summed E-state index contributed by atoms with van der Waals surface area (Å²) in [5.41, 5.74) is 0.863. The van der Waals surface area contributed by atoms with Gasteiger partial charge in [-0.1, -0.05) is 12.2 Å².